The molecule has 18 nitrogen and oxygen atoms in total. The van der Waals surface area contributed by atoms with Crippen molar-refractivity contribution in [1.82, 2.24) is 9.80 Å². The standard InChI is InChI=1S/C49H93BN2O16/c50-46(56,57)24-14-5-1-10-20-40(21-11-2-6-15-25-47(58,59)60)43(54)67-38-42(52-35-30-45(31-36-52)28-33-51(34-29-45)32-18-9-19-37-53)39-68-44(55)41(22-12-3-7-16-26-48(61,62)63)23-13-4-8-17-27-49(64,65)66/h40-42,53,56-66H,1-39H2. The first kappa shape index (κ1) is 62.6. The van der Waals surface area contributed by atoms with E-state index in [4.69, 9.17) is 22.4 Å². The van der Waals surface area contributed by atoms with E-state index >= 15 is 0 Å². The molecule has 0 aromatic heterocycles. The third kappa shape index (κ3) is 31.7. The second-order valence-corrected chi connectivity index (χ2v) is 20.5. The van der Waals surface area contributed by atoms with Crippen LogP contribution < -0.4 is 0 Å². The lowest BCUT2D eigenvalue weighted by molar-refractivity contribution is -0.316. The molecule has 0 aromatic rings. The summed E-state index contributed by atoms with van der Waals surface area (Å²) in [5, 5.41) is 111. The number of nitrogens with zero attached hydrogens (tertiary/aromatic N) is 2. The Labute approximate surface area is 407 Å². The Kier molecular flexibility index (Phi) is 30.6. The van der Waals surface area contributed by atoms with Crippen LogP contribution in [0.5, 0.6) is 0 Å². The van der Waals surface area contributed by atoms with Gasteiger partial charge in [-0.25, -0.2) is 0 Å². The minimum atomic E-state index is -2.71. The summed E-state index contributed by atoms with van der Waals surface area (Å²) in [6.07, 6.45) is 18.7. The SMILES string of the molecule is [B]C(O)(O)CCCCCCC(CCCCCCC(O)(O)O)C(=O)OCC(COC(=O)C(CCCCCCC(O)(O)O)CCCCCCC(O)(O)O)N1CCC2(CCN(CCCCCO)CC2)CC1. The Bertz CT molecular complexity index is 1180. The van der Waals surface area contributed by atoms with Crippen molar-refractivity contribution in [3.8, 4) is 0 Å². The minimum absolute atomic E-state index is 0.0273. The third-order valence-corrected chi connectivity index (χ3v) is 14.2. The quantitative estimate of drug-likeness (QED) is 0.0182. The predicted molar refractivity (Wildman–Crippen MR) is 254 cm³/mol. The molecule has 12 N–H and O–H groups in total. The molecule has 2 aliphatic rings. The maximum atomic E-state index is 13.9. The molecule has 398 valence electrons. The van der Waals surface area contributed by atoms with Gasteiger partial charge < -0.3 is 75.7 Å². The molecule has 2 saturated heterocycles. The van der Waals surface area contributed by atoms with Gasteiger partial charge in [0.2, 0.25) is 0 Å². The Morgan fingerprint density at radius 3 is 1.16 bits per heavy atom. The molecule has 0 amide bonds. The van der Waals surface area contributed by atoms with Crippen molar-refractivity contribution in [3.63, 3.8) is 0 Å². The van der Waals surface area contributed by atoms with E-state index in [-0.39, 0.29) is 68.9 Å². The largest absolute Gasteiger partial charge is 0.464 e. The van der Waals surface area contributed by atoms with Gasteiger partial charge in [-0.2, -0.15) is 0 Å². The second-order valence-electron chi connectivity index (χ2n) is 20.5. The molecule has 68 heavy (non-hydrogen) atoms. The summed E-state index contributed by atoms with van der Waals surface area (Å²) in [5.74, 6) is -9.67. The number of unbranched alkanes of at least 4 members (excludes halogenated alkanes) is 14. The summed E-state index contributed by atoms with van der Waals surface area (Å²) in [7, 11) is 5.30. The molecule has 0 bridgehead atoms. The zero-order chi connectivity index (χ0) is 50.5. The van der Waals surface area contributed by atoms with Gasteiger partial charge in [0.15, 0.2) is 7.85 Å². The van der Waals surface area contributed by atoms with Crippen LogP contribution in [0.2, 0.25) is 0 Å². The number of likely N-dealkylation sites (tertiary alicyclic amines) is 2. The van der Waals surface area contributed by atoms with Crippen LogP contribution in [-0.2, 0) is 19.1 Å². The molecule has 2 aliphatic heterocycles. The van der Waals surface area contributed by atoms with Crippen molar-refractivity contribution < 1.29 is 80.3 Å². The van der Waals surface area contributed by atoms with Crippen LogP contribution in [-0.4, -0.2) is 173 Å². The predicted octanol–water partition coefficient (Wildman–Crippen LogP) is 3.08. The maximum Gasteiger partial charge on any atom is 0.308 e. The highest BCUT2D eigenvalue weighted by Crippen LogP contribution is 2.42. The van der Waals surface area contributed by atoms with Gasteiger partial charge in [-0.1, -0.05) is 77.0 Å². The molecule has 1 spiro atoms. The van der Waals surface area contributed by atoms with Gasteiger partial charge in [0, 0.05) is 25.9 Å². The Morgan fingerprint density at radius 2 is 0.809 bits per heavy atom. The number of rotatable bonds is 40. The summed E-state index contributed by atoms with van der Waals surface area (Å²) in [4.78, 5) is 32.7. The van der Waals surface area contributed by atoms with Gasteiger partial charge in [-0.05, 0) is 141 Å². The Balaban J connectivity index is 2.16. The smallest absolute Gasteiger partial charge is 0.308 e. The Morgan fingerprint density at radius 1 is 0.471 bits per heavy atom. The number of hydrogen-bond acceptors (Lipinski definition) is 18. The van der Waals surface area contributed by atoms with Crippen LogP contribution in [0.25, 0.3) is 0 Å². The number of ether oxygens (including phenoxy) is 2. The summed E-state index contributed by atoms with van der Waals surface area (Å²) in [5.41, 5.74) is -2.00. The van der Waals surface area contributed by atoms with Crippen molar-refractivity contribution >= 4 is 19.8 Å². The number of aliphatic hydroxyl groups is 12. The van der Waals surface area contributed by atoms with Gasteiger partial charge in [-0.3, -0.25) is 14.5 Å². The van der Waals surface area contributed by atoms with Crippen molar-refractivity contribution in [2.24, 2.45) is 17.3 Å². The monoisotopic (exact) mass is 977 g/mol. The summed E-state index contributed by atoms with van der Waals surface area (Å²) < 4.78 is 12.3. The first-order valence-electron chi connectivity index (χ1n) is 26.2. The highest BCUT2D eigenvalue weighted by atomic mass is 16.7. The van der Waals surface area contributed by atoms with Gasteiger partial charge >= 0.3 is 11.9 Å². The normalized spacial score (nSPS) is 17.5. The number of carbonyl (C=O) groups is 2. The molecule has 0 aliphatic carbocycles. The number of piperidine rings is 2. The summed E-state index contributed by atoms with van der Waals surface area (Å²) >= 11 is 0. The summed E-state index contributed by atoms with van der Waals surface area (Å²) in [6, 6.07) is -0.385. The van der Waals surface area contributed by atoms with Crippen LogP contribution >= 0.6 is 0 Å². The highest BCUT2D eigenvalue weighted by molar-refractivity contribution is 6.12. The van der Waals surface area contributed by atoms with Crippen LogP contribution in [0, 0.1) is 17.3 Å². The summed E-state index contributed by atoms with van der Waals surface area (Å²) in [6.45, 7) is 4.93. The van der Waals surface area contributed by atoms with E-state index in [9.17, 15) is 65.8 Å². The van der Waals surface area contributed by atoms with Gasteiger partial charge in [0.25, 0.3) is 17.9 Å². The van der Waals surface area contributed by atoms with E-state index in [1.165, 1.54) is 0 Å². The minimum Gasteiger partial charge on any atom is -0.464 e. The number of aliphatic hydroxyl groups excluding tert-OH is 1. The van der Waals surface area contributed by atoms with Crippen LogP contribution in [0.3, 0.4) is 0 Å². The molecule has 2 atom stereocenters. The molecular weight excluding hydrogens is 883 g/mol. The first-order valence-corrected chi connectivity index (χ1v) is 26.2. The Hall–Kier alpha value is -1.56. The van der Waals surface area contributed by atoms with Gasteiger partial charge in [0.1, 0.15) is 18.9 Å². The van der Waals surface area contributed by atoms with Gasteiger partial charge in [-0.15, -0.1) is 0 Å². The molecule has 2 fully saturated rings. The fraction of sp³-hybridized carbons (Fsp3) is 0.959. The molecule has 2 rings (SSSR count). The van der Waals surface area contributed by atoms with E-state index in [1.54, 1.807) is 0 Å². The molecule has 2 heterocycles. The fourth-order valence-electron chi connectivity index (χ4n) is 9.80. The van der Waals surface area contributed by atoms with Crippen molar-refractivity contribution in [2.75, 3.05) is 52.5 Å². The molecular formula is C49H93BN2O16. The molecule has 2 radical (unpaired) electrons. The molecule has 19 heteroatoms. The number of hydrogen-bond donors (Lipinski definition) is 12. The molecule has 0 aromatic carbocycles. The van der Waals surface area contributed by atoms with E-state index in [2.05, 4.69) is 9.80 Å². The zero-order valence-corrected chi connectivity index (χ0v) is 41.3. The lowest BCUT2D eigenvalue weighted by Crippen LogP contribution is -2.52. The molecule has 2 unspecified atom stereocenters. The van der Waals surface area contributed by atoms with Crippen LogP contribution in [0.4, 0.5) is 0 Å². The average molecular weight is 977 g/mol. The lowest BCUT2D eigenvalue weighted by Gasteiger charge is -2.48. The van der Waals surface area contributed by atoms with Gasteiger partial charge in [0.05, 0.1) is 17.9 Å². The zero-order valence-electron chi connectivity index (χ0n) is 41.3. The van der Waals surface area contributed by atoms with E-state index in [0.29, 0.717) is 122 Å². The topological polar surface area (TPSA) is 302 Å². The highest BCUT2D eigenvalue weighted by Gasteiger charge is 2.39. The third-order valence-electron chi connectivity index (χ3n) is 14.2. The fourth-order valence-corrected chi connectivity index (χ4v) is 9.80. The van der Waals surface area contributed by atoms with E-state index < -0.39 is 35.4 Å². The van der Waals surface area contributed by atoms with Crippen molar-refractivity contribution in [1.29, 1.82) is 0 Å². The van der Waals surface area contributed by atoms with Crippen LogP contribution in [0.1, 0.15) is 199 Å². The molecule has 0 saturated carbocycles. The average Bonchev–Trinajstić information content (AvgIpc) is 3.25. The van der Waals surface area contributed by atoms with Crippen LogP contribution in [0.15, 0.2) is 0 Å². The van der Waals surface area contributed by atoms with E-state index in [1.807, 2.05) is 0 Å². The van der Waals surface area contributed by atoms with Crippen molar-refractivity contribution in [3.05, 3.63) is 0 Å². The first-order chi connectivity index (χ1) is 32.0. The number of esters is 2. The van der Waals surface area contributed by atoms with Crippen molar-refractivity contribution in [2.45, 2.75) is 229 Å². The lowest BCUT2D eigenvalue weighted by atomic mass is 9.71. The number of carbonyl (C=O) groups excluding carboxylic acids is 2. The second kappa shape index (κ2) is 33.2. The maximum absolute atomic E-state index is 13.9. The van der Waals surface area contributed by atoms with E-state index in [0.717, 1.165) is 84.1 Å².